The van der Waals surface area contributed by atoms with E-state index in [1.807, 2.05) is 0 Å². The zero-order valence-electron chi connectivity index (χ0n) is 7.35. The maximum atomic E-state index is 12.6. The van der Waals surface area contributed by atoms with Gasteiger partial charge in [0, 0.05) is 6.07 Å². The molecule has 1 aromatic heterocycles. The van der Waals surface area contributed by atoms with Crippen LogP contribution in [0.3, 0.4) is 0 Å². The van der Waals surface area contributed by atoms with Crippen molar-refractivity contribution in [3.63, 3.8) is 0 Å². The van der Waals surface area contributed by atoms with Crippen molar-refractivity contribution >= 4 is 0 Å². The van der Waals surface area contributed by atoms with Crippen LogP contribution in [0.4, 0.5) is 4.39 Å². The normalized spacial score (nSPS) is 10.4. The van der Waals surface area contributed by atoms with Gasteiger partial charge in [-0.25, -0.2) is 4.39 Å². The molecule has 1 N–H and O–H groups in total. The van der Waals surface area contributed by atoms with Crippen LogP contribution in [0, 0.1) is 5.82 Å². The first-order valence-corrected chi connectivity index (χ1v) is 3.90. The minimum absolute atomic E-state index is 0.196. The Morgan fingerprint density at radius 2 is 2.21 bits per heavy atom. The number of nitrogens with zero attached hydrogens (tertiary/aromatic N) is 4. The van der Waals surface area contributed by atoms with Crippen LogP contribution < -0.4 is 0 Å². The molecule has 0 radical (unpaired) electrons. The van der Waals surface area contributed by atoms with Crippen molar-refractivity contribution in [2.24, 2.45) is 7.05 Å². The highest BCUT2D eigenvalue weighted by Crippen LogP contribution is 2.25. The van der Waals surface area contributed by atoms with Gasteiger partial charge in [0.05, 0.1) is 12.6 Å². The third-order valence-corrected chi connectivity index (χ3v) is 1.71. The molecule has 0 saturated carbocycles. The fourth-order valence-electron chi connectivity index (χ4n) is 1.09. The third kappa shape index (κ3) is 1.41. The summed E-state index contributed by atoms with van der Waals surface area (Å²) in [5.41, 5.74) is 0.361. The molecule has 0 bridgehead atoms. The SMILES string of the molecule is Cn1nnc(-c2ccc(F)cc2O)n1. The third-order valence-electron chi connectivity index (χ3n) is 1.71. The zero-order valence-corrected chi connectivity index (χ0v) is 7.35. The monoisotopic (exact) mass is 194 g/mol. The van der Waals surface area contributed by atoms with Gasteiger partial charge < -0.3 is 5.11 Å². The first kappa shape index (κ1) is 8.61. The number of benzene rings is 1. The first-order chi connectivity index (χ1) is 6.66. The molecule has 0 spiro atoms. The Balaban J connectivity index is 2.52. The molecular formula is C8H7FN4O. The summed E-state index contributed by atoms with van der Waals surface area (Å²) in [6.07, 6.45) is 0. The number of hydrogen-bond acceptors (Lipinski definition) is 4. The highest BCUT2D eigenvalue weighted by molar-refractivity contribution is 5.62. The molecule has 0 aliphatic heterocycles. The molecule has 1 heterocycles. The molecule has 14 heavy (non-hydrogen) atoms. The van der Waals surface area contributed by atoms with Gasteiger partial charge in [-0.3, -0.25) is 0 Å². The smallest absolute Gasteiger partial charge is 0.208 e. The van der Waals surface area contributed by atoms with E-state index in [1.54, 1.807) is 7.05 Å². The first-order valence-electron chi connectivity index (χ1n) is 3.90. The summed E-state index contributed by atoms with van der Waals surface area (Å²) >= 11 is 0. The standard InChI is InChI=1S/C8H7FN4O/c1-13-11-8(10-12-13)6-3-2-5(9)4-7(6)14/h2-4,14H,1H3. The molecule has 0 atom stereocenters. The van der Waals surface area contributed by atoms with E-state index >= 15 is 0 Å². The quantitative estimate of drug-likeness (QED) is 0.726. The number of halogens is 1. The molecule has 2 aromatic rings. The summed E-state index contributed by atoms with van der Waals surface area (Å²) in [6, 6.07) is 3.64. The molecule has 1 aromatic carbocycles. The van der Waals surface area contributed by atoms with Crippen LogP contribution in [0.5, 0.6) is 5.75 Å². The van der Waals surface area contributed by atoms with Crippen LogP contribution in [-0.2, 0) is 7.05 Å². The molecule has 5 nitrogen and oxygen atoms in total. The molecular weight excluding hydrogens is 187 g/mol. The van der Waals surface area contributed by atoms with Crippen molar-refractivity contribution < 1.29 is 9.50 Å². The van der Waals surface area contributed by atoms with Gasteiger partial charge in [0.25, 0.3) is 0 Å². The number of tetrazole rings is 1. The fourth-order valence-corrected chi connectivity index (χ4v) is 1.09. The van der Waals surface area contributed by atoms with E-state index in [0.717, 1.165) is 6.07 Å². The van der Waals surface area contributed by atoms with Gasteiger partial charge in [0.2, 0.25) is 5.82 Å². The Bertz CT molecular complexity index is 468. The lowest BCUT2D eigenvalue weighted by molar-refractivity contribution is 0.470. The van der Waals surface area contributed by atoms with Crippen molar-refractivity contribution in [1.29, 1.82) is 0 Å². The number of rotatable bonds is 1. The van der Waals surface area contributed by atoms with E-state index < -0.39 is 5.82 Å². The van der Waals surface area contributed by atoms with Crippen molar-refractivity contribution in [2.45, 2.75) is 0 Å². The molecule has 6 heteroatoms. The van der Waals surface area contributed by atoms with Crippen molar-refractivity contribution in [1.82, 2.24) is 20.2 Å². The predicted molar refractivity (Wildman–Crippen MR) is 45.9 cm³/mol. The van der Waals surface area contributed by atoms with E-state index in [9.17, 15) is 9.50 Å². The summed E-state index contributed by atoms with van der Waals surface area (Å²) in [7, 11) is 1.61. The minimum Gasteiger partial charge on any atom is -0.507 e. The van der Waals surface area contributed by atoms with Gasteiger partial charge in [-0.1, -0.05) is 0 Å². The minimum atomic E-state index is -0.504. The molecule has 0 saturated heterocycles. The predicted octanol–water partition coefficient (Wildman–Crippen LogP) is 0.722. The molecule has 0 fully saturated rings. The van der Waals surface area contributed by atoms with Gasteiger partial charge >= 0.3 is 0 Å². The number of aryl methyl sites for hydroxylation is 1. The van der Waals surface area contributed by atoms with Crippen LogP contribution in [0.1, 0.15) is 0 Å². The molecule has 0 aliphatic carbocycles. The molecule has 0 unspecified atom stereocenters. The van der Waals surface area contributed by atoms with Gasteiger partial charge in [-0.2, -0.15) is 4.80 Å². The van der Waals surface area contributed by atoms with E-state index in [-0.39, 0.29) is 11.6 Å². The highest BCUT2D eigenvalue weighted by Gasteiger charge is 2.09. The molecule has 0 amide bonds. The largest absolute Gasteiger partial charge is 0.507 e. The second kappa shape index (κ2) is 3.06. The van der Waals surface area contributed by atoms with Crippen LogP contribution in [0.2, 0.25) is 0 Å². The van der Waals surface area contributed by atoms with Crippen LogP contribution in [0.15, 0.2) is 18.2 Å². The number of phenolic OH excluding ortho intramolecular Hbond substituents is 1. The van der Waals surface area contributed by atoms with Crippen molar-refractivity contribution in [3.8, 4) is 17.1 Å². The van der Waals surface area contributed by atoms with Crippen LogP contribution in [-0.4, -0.2) is 25.3 Å². The second-order valence-corrected chi connectivity index (χ2v) is 2.76. The Kier molecular flexibility index (Phi) is 1.88. The average molecular weight is 194 g/mol. The average Bonchev–Trinajstić information content (AvgIpc) is 2.51. The lowest BCUT2D eigenvalue weighted by atomic mass is 10.2. The molecule has 2 rings (SSSR count). The van der Waals surface area contributed by atoms with Gasteiger partial charge in [-0.05, 0) is 17.3 Å². The maximum absolute atomic E-state index is 12.6. The number of phenols is 1. The molecule has 72 valence electrons. The van der Waals surface area contributed by atoms with Crippen LogP contribution >= 0.6 is 0 Å². The van der Waals surface area contributed by atoms with Gasteiger partial charge in [-0.15, -0.1) is 10.2 Å². The Hall–Kier alpha value is -1.98. The van der Waals surface area contributed by atoms with E-state index in [4.69, 9.17) is 0 Å². The van der Waals surface area contributed by atoms with Crippen molar-refractivity contribution in [3.05, 3.63) is 24.0 Å². The Labute approximate surface area is 78.8 Å². The number of hydrogen-bond donors (Lipinski definition) is 1. The summed E-state index contributed by atoms with van der Waals surface area (Å²) in [5.74, 6) is -0.432. The lowest BCUT2D eigenvalue weighted by Gasteiger charge is -1.98. The Morgan fingerprint density at radius 1 is 1.43 bits per heavy atom. The number of aromatic nitrogens is 4. The summed E-state index contributed by atoms with van der Waals surface area (Å²) in [6.45, 7) is 0. The van der Waals surface area contributed by atoms with Gasteiger partial charge in [0.15, 0.2) is 0 Å². The summed E-state index contributed by atoms with van der Waals surface area (Å²) in [5, 5.41) is 20.6. The zero-order chi connectivity index (χ0) is 10.1. The fraction of sp³-hybridized carbons (Fsp3) is 0.125. The number of aromatic hydroxyl groups is 1. The van der Waals surface area contributed by atoms with Gasteiger partial charge in [0.1, 0.15) is 11.6 Å². The van der Waals surface area contributed by atoms with Crippen LogP contribution in [0.25, 0.3) is 11.4 Å². The highest BCUT2D eigenvalue weighted by atomic mass is 19.1. The Morgan fingerprint density at radius 3 is 2.79 bits per heavy atom. The second-order valence-electron chi connectivity index (χ2n) is 2.76. The van der Waals surface area contributed by atoms with E-state index in [1.165, 1.54) is 16.9 Å². The topological polar surface area (TPSA) is 63.8 Å². The molecule has 0 aliphatic rings. The lowest BCUT2D eigenvalue weighted by Crippen LogP contribution is -1.92. The summed E-state index contributed by atoms with van der Waals surface area (Å²) < 4.78 is 12.6. The van der Waals surface area contributed by atoms with Crippen molar-refractivity contribution in [2.75, 3.05) is 0 Å². The maximum Gasteiger partial charge on any atom is 0.208 e. The van der Waals surface area contributed by atoms with E-state index in [0.29, 0.717) is 5.56 Å². The van der Waals surface area contributed by atoms with E-state index in [2.05, 4.69) is 15.4 Å². The summed E-state index contributed by atoms with van der Waals surface area (Å²) in [4.78, 5) is 1.26.